The summed E-state index contributed by atoms with van der Waals surface area (Å²) in [5.74, 6) is 3.75. The van der Waals surface area contributed by atoms with Crippen molar-refractivity contribution < 1.29 is 0 Å². The fraction of sp³-hybridized carbons (Fsp3) is 0.692. The summed E-state index contributed by atoms with van der Waals surface area (Å²) in [6.45, 7) is 8.14. The molecule has 0 atom stereocenters. The van der Waals surface area contributed by atoms with Crippen molar-refractivity contribution in [3.05, 3.63) is 11.4 Å². The molecule has 1 fully saturated rings. The Kier molecular flexibility index (Phi) is 3.50. The van der Waals surface area contributed by atoms with Crippen LogP contribution in [-0.4, -0.2) is 30.1 Å². The van der Waals surface area contributed by atoms with Gasteiger partial charge in [-0.05, 0) is 39.5 Å². The Morgan fingerprint density at radius 1 is 1.29 bits per heavy atom. The van der Waals surface area contributed by atoms with Crippen LogP contribution in [0, 0.1) is 19.8 Å². The molecule has 1 aliphatic rings. The Morgan fingerprint density at radius 3 is 2.59 bits per heavy atom. The minimum absolute atomic E-state index is 0.837. The number of hydrogen-bond donors (Lipinski definition) is 1. The van der Waals surface area contributed by atoms with Crippen LogP contribution in [-0.2, 0) is 0 Å². The first kappa shape index (κ1) is 12.1. The highest BCUT2D eigenvalue weighted by Gasteiger charge is 2.24. The molecular weight excluding hydrogens is 212 g/mol. The predicted molar refractivity (Wildman–Crippen MR) is 71.7 cm³/mol. The molecule has 4 nitrogen and oxygen atoms in total. The van der Waals surface area contributed by atoms with Gasteiger partial charge < -0.3 is 10.2 Å². The molecule has 1 aromatic rings. The second-order valence-electron chi connectivity index (χ2n) is 4.92. The first-order chi connectivity index (χ1) is 8.11. The molecule has 1 aliphatic carbocycles. The third-order valence-electron chi connectivity index (χ3n) is 3.17. The SMILES string of the molecule is CCNc1nc(C)nc(N(C)CC2CC2)c1C. The fourth-order valence-corrected chi connectivity index (χ4v) is 2.10. The van der Waals surface area contributed by atoms with E-state index in [1.165, 1.54) is 12.8 Å². The fourth-order valence-electron chi connectivity index (χ4n) is 2.10. The lowest BCUT2D eigenvalue weighted by Gasteiger charge is -2.21. The van der Waals surface area contributed by atoms with Gasteiger partial charge in [-0.2, -0.15) is 0 Å². The number of nitrogens with one attached hydrogen (secondary N) is 1. The molecule has 0 amide bonds. The van der Waals surface area contributed by atoms with Gasteiger partial charge in [0.1, 0.15) is 17.5 Å². The second kappa shape index (κ2) is 4.90. The first-order valence-electron chi connectivity index (χ1n) is 6.42. The maximum absolute atomic E-state index is 4.57. The van der Waals surface area contributed by atoms with E-state index >= 15 is 0 Å². The van der Waals surface area contributed by atoms with Crippen LogP contribution in [0.1, 0.15) is 31.2 Å². The molecular formula is C13H22N4. The molecule has 0 bridgehead atoms. The van der Waals surface area contributed by atoms with Crippen LogP contribution in [0.4, 0.5) is 11.6 Å². The van der Waals surface area contributed by atoms with E-state index in [-0.39, 0.29) is 0 Å². The standard InChI is InChI=1S/C13H22N4/c1-5-14-12-9(2)13(16-10(3)15-12)17(4)8-11-6-7-11/h11H,5-8H2,1-4H3,(H,14,15,16). The molecule has 1 heterocycles. The zero-order chi connectivity index (χ0) is 12.4. The van der Waals surface area contributed by atoms with Gasteiger partial charge in [-0.15, -0.1) is 0 Å². The third kappa shape index (κ3) is 2.87. The van der Waals surface area contributed by atoms with Crippen molar-refractivity contribution in [2.75, 3.05) is 30.4 Å². The summed E-state index contributed by atoms with van der Waals surface area (Å²) in [7, 11) is 2.13. The summed E-state index contributed by atoms with van der Waals surface area (Å²) >= 11 is 0. The van der Waals surface area contributed by atoms with E-state index in [2.05, 4.69) is 41.1 Å². The molecule has 0 saturated heterocycles. The number of anilines is 2. The van der Waals surface area contributed by atoms with Gasteiger partial charge >= 0.3 is 0 Å². The molecule has 17 heavy (non-hydrogen) atoms. The Bertz CT molecular complexity index is 399. The van der Waals surface area contributed by atoms with Crippen molar-refractivity contribution in [1.29, 1.82) is 0 Å². The van der Waals surface area contributed by atoms with Crippen molar-refractivity contribution in [3.63, 3.8) is 0 Å². The topological polar surface area (TPSA) is 41.1 Å². The lowest BCUT2D eigenvalue weighted by atomic mass is 10.2. The lowest BCUT2D eigenvalue weighted by molar-refractivity contribution is 0.769. The molecule has 1 aromatic heterocycles. The zero-order valence-electron chi connectivity index (χ0n) is 11.2. The predicted octanol–water partition coefficient (Wildman–Crippen LogP) is 2.37. The monoisotopic (exact) mass is 234 g/mol. The van der Waals surface area contributed by atoms with Crippen molar-refractivity contribution in [2.24, 2.45) is 5.92 Å². The minimum Gasteiger partial charge on any atom is -0.370 e. The van der Waals surface area contributed by atoms with Crippen molar-refractivity contribution >= 4 is 11.6 Å². The van der Waals surface area contributed by atoms with Crippen LogP contribution in [0.3, 0.4) is 0 Å². The van der Waals surface area contributed by atoms with Crippen LogP contribution in [0.15, 0.2) is 0 Å². The zero-order valence-corrected chi connectivity index (χ0v) is 11.2. The molecule has 0 aromatic carbocycles. The van der Waals surface area contributed by atoms with Crippen LogP contribution in [0.25, 0.3) is 0 Å². The van der Waals surface area contributed by atoms with Gasteiger partial charge in [-0.3, -0.25) is 0 Å². The Morgan fingerprint density at radius 2 is 2.00 bits per heavy atom. The Balaban J connectivity index is 2.24. The second-order valence-corrected chi connectivity index (χ2v) is 4.92. The summed E-state index contributed by atoms with van der Waals surface area (Å²) < 4.78 is 0. The van der Waals surface area contributed by atoms with Crippen LogP contribution in [0.5, 0.6) is 0 Å². The maximum atomic E-state index is 4.57. The first-order valence-corrected chi connectivity index (χ1v) is 6.42. The minimum atomic E-state index is 0.837. The summed E-state index contributed by atoms with van der Waals surface area (Å²) in [5.41, 5.74) is 1.15. The van der Waals surface area contributed by atoms with Crippen LogP contribution >= 0.6 is 0 Å². The normalized spacial score (nSPS) is 14.8. The Labute approximate surface area is 103 Å². The number of nitrogens with zero attached hydrogens (tertiary/aromatic N) is 3. The van der Waals surface area contributed by atoms with Crippen LogP contribution in [0.2, 0.25) is 0 Å². The van der Waals surface area contributed by atoms with E-state index < -0.39 is 0 Å². The average Bonchev–Trinajstić information content (AvgIpc) is 3.07. The molecule has 0 aliphatic heterocycles. The highest BCUT2D eigenvalue weighted by atomic mass is 15.2. The molecule has 2 rings (SSSR count). The summed E-state index contributed by atoms with van der Waals surface area (Å²) in [6.07, 6.45) is 2.74. The van der Waals surface area contributed by atoms with E-state index in [9.17, 15) is 0 Å². The molecule has 0 unspecified atom stereocenters. The maximum Gasteiger partial charge on any atom is 0.137 e. The highest BCUT2D eigenvalue weighted by molar-refractivity contribution is 5.58. The van der Waals surface area contributed by atoms with Gasteiger partial charge in [0.15, 0.2) is 0 Å². The number of rotatable bonds is 5. The van der Waals surface area contributed by atoms with Crippen molar-refractivity contribution in [1.82, 2.24) is 9.97 Å². The van der Waals surface area contributed by atoms with E-state index in [0.29, 0.717) is 0 Å². The third-order valence-corrected chi connectivity index (χ3v) is 3.17. The summed E-state index contributed by atoms with van der Waals surface area (Å²) in [5, 5.41) is 3.30. The van der Waals surface area contributed by atoms with E-state index in [1.807, 2.05) is 6.92 Å². The quantitative estimate of drug-likeness (QED) is 0.849. The van der Waals surface area contributed by atoms with E-state index in [0.717, 1.165) is 42.0 Å². The highest BCUT2D eigenvalue weighted by Crippen LogP contribution is 2.32. The van der Waals surface area contributed by atoms with E-state index in [4.69, 9.17) is 0 Å². The Hall–Kier alpha value is -1.32. The van der Waals surface area contributed by atoms with Gasteiger partial charge in [0.2, 0.25) is 0 Å². The number of aryl methyl sites for hydroxylation is 1. The van der Waals surface area contributed by atoms with Crippen molar-refractivity contribution in [2.45, 2.75) is 33.6 Å². The number of aromatic nitrogens is 2. The lowest BCUT2D eigenvalue weighted by Crippen LogP contribution is -2.23. The summed E-state index contributed by atoms with van der Waals surface area (Å²) in [6, 6.07) is 0. The van der Waals surface area contributed by atoms with Crippen LogP contribution < -0.4 is 10.2 Å². The van der Waals surface area contributed by atoms with Gasteiger partial charge in [0, 0.05) is 25.7 Å². The van der Waals surface area contributed by atoms with Gasteiger partial charge in [0.25, 0.3) is 0 Å². The smallest absolute Gasteiger partial charge is 0.137 e. The number of hydrogen-bond acceptors (Lipinski definition) is 4. The van der Waals surface area contributed by atoms with E-state index in [1.54, 1.807) is 0 Å². The molecule has 1 saturated carbocycles. The van der Waals surface area contributed by atoms with Gasteiger partial charge in [-0.1, -0.05) is 0 Å². The molecule has 94 valence electrons. The molecule has 0 spiro atoms. The van der Waals surface area contributed by atoms with Gasteiger partial charge in [0.05, 0.1) is 0 Å². The van der Waals surface area contributed by atoms with Gasteiger partial charge in [-0.25, -0.2) is 9.97 Å². The summed E-state index contributed by atoms with van der Waals surface area (Å²) in [4.78, 5) is 11.3. The average molecular weight is 234 g/mol. The molecule has 4 heteroatoms. The van der Waals surface area contributed by atoms with Crippen molar-refractivity contribution in [3.8, 4) is 0 Å². The molecule has 1 N–H and O–H groups in total. The largest absolute Gasteiger partial charge is 0.370 e. The molecule has 0 radical (unpaired) electrons.